The average molecular weight is 289 g/mol. The lowest BCUT2D eigenvalue weighted by Gasteiger charge is -2.12. The second kappa shape index (κ2) is 5.75. The van der Waals surface area contributed by atoms with Gasteiger partial charge in [-0.2, -0.15) is 0 Å². The predicted molar refractivity (Wildman–Crippen MR) is 63.2 cm³/mol. The maximum absolute atomic E-state index is 11.4. The van der Waals surface area contributed by atoms with Gasteiger partial charge in [-0.25, -0.2) is 4.79 Å². The number of hydrogen-bond donors (Lipinski definition) is 0. The molecular weight excluding hydrogens is 276 g/mol. The van der Waals surface area contributed by atoms with Gasteiger partial charge in [0.15, 0.2) is 11.5 Å². The molecule has 0 aromatic heterocycles. The van der Waals surface area contributed by atoms with E-state index in [0.717, 1.165) is 0 Å². The maximum atomic E-state index is 11.4. The second-order valence-corrected chi connectivity index (χ2v) is 3.77. The second-order valence-electron chi connectivity index (χ2n) is 2.91. The Bertz CT molecular complexity index is 390. The van der Waals surface area contributed by atoms with Gasteiger partial charge >= 0.3 is 5.97 Å². The molecule has 0 aliphatic rings. The molecule has 0 atom stereocenters. The number of esters is 1. The molecule has 0 heterocycles. The molecule has 0 spiro atoms. The molecule has 0 saturated heterocycles. The van der Waals surface area contributed by atoms with Crippen molar-refractivity contribution >= 4 is 21.9 Å². The summed E-state index contributed by atoms with van der Waals surface area (Å²) in [5.41, 5.74) is 0.415. The van der Waals surface area contributed by atoms with E-state index in [-0.39, 0.29) is 0 Å². The summed E-state index contributed by atoms with van der Waals surface area (Å²) in [6.07, 6.45) is 0. The Morgan fingerprint density at radius 3 is 2.56 bits per heavy atom. The molecule has 5 heteroatoms. The fraction of sp³-hybridized carbons (Fsp3) is 0.364. The zero-order valence-electron chi connectivity index (χ0n) is 9.37. The molecular formula is C11H13BrO4. The van der Waals surface area contributed by atoms with Gasteiger partial charge in [0, 0.05) is 0 Å². The molecule has 0 bridgehead atoms. The summed E-state index contributed by atoms with van der Waals surface area (Å²) in [7, 11) is 2.88. The fourth-order valence-corrected chi connectivity index (χ4v) is 1.87. The van der Waals surface area contributed by atoms with Crippen LogP contribution in [0.5, 0.6) is 11.5 Å². The van der Waals surface area contributed by atoms with Crippen LogP contribution in [0.2, 0.25) is 0 Å². The summed E-state index contributed by atoms with van der Waals surface area (Å²) in [6, 6.07) is 3.23. The van der Waals surface area contributed by atoms with E-state index in [0.29, 0.717) is 28.1 Å². The predicted octanol–water partition coefficient (Wildman–Crippen LogP) is 2.64. The fourth-order valence-electron chi connectivity index (χ4n) is 1.26. The number of methoxy groups -OCH3 is 2. The molecule has 0 saturated carbocycles. The zero-order chi connectivity index (χ0) is 12.1. The Hall–Kier alpha value is -1.23. The van der Waals surface area contributed by atoms with Crippen molar-refractivity contribution in [3.05, 3.63) is 22.2 Å². The third-order valence-corrected chi connectivity index (χ3v) is 2.52. The summed E-state index contributed by atoms with van der Waals surface area (Å²) < 4.78 is 15.9. The van der Waals surface area contributed by atoms with Crippen molar-refractivity contribution in [1.82, 2.24) is 0 Å². The molecule has 1 aromatic rings. The third-order valence-electron chi connectivity index (χ3n) is 1.93. The van der Waals surface area contributed by atoms with Crippen LogP contribution in [0, 0.1) is 0 Å². The first-order valence-electron chi connectivity index (χ1n) is 4.72. The highest BCUT2D eigenvalue weighted by Gasteiger charge is 2.15. The quantitative estimate of drug-likeness (QED) is 0.799. The molecule has 1 aromatic carbocycles. The van der Waals surface area contributed by atoms with Crippen molar-refractivity contribution in [3.8, 4) is 11.5 Å². The molecule has 0 amide bonds. The van der Waals surface area contributed by atoms with E-state index < -0.39 is 5.97 Å². The Kier molecular flexibility index (Phi) is 4.61. The van der Waals surface area contributed by atoms with Gasteiger partial charge in [-0.1, -0.05) is 0 Å². The van der Waals surface area contributed by atoms with Crippen LogP contribution in [0.25, 0.3) is 0 Å². The monoisotopic (exact) mass is 288 g/mol. The summed E-state index contributed by atoms with van der Waals surface area (Å²) in [5, 5.41) is 0. The van der Waals surface area contributed by atoms with Gasteiger partial charge in [0.2, 0.25) is 0 Å². The normalized spacial score (nSPS) is 9.75. The molecule has 0 fully saturated rings. The van der Waals surface area contributed by atoms with Crippen molar-refractivity contribution in [1.29, 1.82) is 0 Å². The van der Waals surface area contributed by atoms with E-state index in [1.165, 1.54) is 7.11 Å². The molecule has 0 unspecified atom stereocenters. The summed E-state index contributed by atoms with van der Waals surface area (Å²) in [6.45, 7) is 2.35. The molecule has 4 nitrogen and oxygen atoms in total. The van der Waals surface area contributed by atoms with Crippen molar-refractivity contribution < 1.29 is 19.0 Å². The minimum atomic E-state index is -0.413. The van der Waals surface area contributed by atoms with Gasteiger partial charge in [0.25, 0.3) is 0 Å². The smallest absolute Gasteiger partial charge is 0.338 e. The topological polar surface area (TPSA) is 44.8 Å². The zero-order valence-corrected chi connectivity index (χ0v) is 11.0. The van der Waals surface area contributed by atoms with Gasteiger partial charge in [0.05, 0.1) is 30.9 Å². The van der Waals surface area contributed by atoms with Crippen molar-refractivity contribution in [3.63, 3.8) is 0 Å². The van der Waals surface area contributed by atoms with E-state index >= 15 is 0 Å². The van der Waals surface area contributed by atoms with Crippen LogP contribution in [0.15, 0.2) is 16.6 Å². The van der Waals surface area contributed by atoms with Crippen molar-refractivity contribution in [2.24, 2.45) is 0 Å². The first-order chi connectivity index (χ1) is 7.63. The summed E-state index contributed by atoms with van der Waals surface area (Å²) in [4.78, 5) is 11.4. The SMILES string of the molecule is CCOc1cc(C(=O)OC)cc(Br)c1OC. The average Bonchev–Trinajstić information content (AvgIpc) is 2.28. The van der Waals surface area contributed by atoms with Crippen LogP contribution in [0.4, 0.5) is 0 Å². The van der Waals surface area contributed by atoms with Crippen LogP contribution in [-0.4, -0.2) is 26.8 Å². The number of benzene rings is 1. The number of ether oxygens (including phenoxy) is 3. The van der Waals surface area contributed by atoms with E-state index in [9.17, 15) is 4.79 Å². The largest absolute Gasteiger partial charge is 0.492 e. The first-order valence-corrected chi connectivity index (χ1v) is 5.52. The molecule has 0 radical (unpaired) electrons. The lowest BCUT2D eigenvalue weighted by molar-refractivity contribution is 0.0600. The summed E-state index contributed by atoms with van der Waals surface area (Å²) in [5.74, 6) is 0.665. The Morgan fingerprint density at radius 1 is 1.38 bits per heavy atom. The van der Waals surface area contributed by atoms with Gasteiger partial charge in [-0.3, -0.25) is 0 Å². The number of rotatable bonds is 4. The third kappa shape index (κ3) is 2.66. The molecule has 0 aliphatic heterocycles. The minimum absolute atomic E-state index is 0.413. The highest BCUT2D eigenvalue weighted by Crippen LogP contribution is 2.36. The van der Waals surface area contributed by atoms with Crippen LogP contribution in [0.3, 0.4) is 0 Å². The van der Waals surface area contributed by atoms with Crippen molar-refractivity contribution in [2.75, 3.05) is 20.8 Å². The first kappa shape index (κ1) is 12.8. The van der Waals surface area contributed by atoms with Crippen LogP contribution < -0.4 is 9.47 Å². The van der Waals surface area contributed by atoms with Crippen LogP contribution in [0.1, 0.15) is 17.3 Å². The number of hydrogen-bond acceptors (Lipinski definition) is 4. The molecule has 0 aliphatic carbocycles. The standard InChI is InChI=1S/C11H13BrO4/c1-4-16-9-6-7(11(13)15-3)5-8(12)10(9)14-2/h5-6H,4H2,1-3H3. The van der Waals surface area contributed by atoms with Gasteiger partial charge in [0.1, 0.15) is 0 Å². The van der Waals surface area contributed by atoms with Gasteiger partial charge in [-0.15, -0.1) is 0 Å². The summed E-state index contributed by atoms with van der Waals surface area (Å²) >= 11 is 3.31. The highest BCUT2D eigenvalue weighted by atomic mass is 79.9. The lowest BCUT2D eigenvalue weighted by Crippen LogP contribution is -2.04. The van der Waals surface area contributed by atoms with Gasteiger partial charge in [-0.05, 0) is 35.0 Å². The molecule has 88 valence electrons. The van der Waals surface area contributed by atoms with Crippen LogP contribution in [-0.2, 0) is 4.74 Å². The van der Waals surface area contributed by atoms with E-state index in [1.54, 1.807) is 19.2 Å². The van der Waals surface area contributed by atoms with E-state index in [1.807, 2.05) is 6.92 Å². The Balaban J connectivity index is 3.22. The Labute approximate surface area is 103 Å². The molecule has 0 N–H and O–H groups in total. The maximum Gasteiger partial charge on any atom is 0.338 e. The number of carbonyl (C=O) groups is 1. The molecule has 1 rings (SSSR count). The van der Waals surface area contributed by atoms with Gasteiger partial charge < -0.3 is 14.2 Å². The lowest BCUT2D eigenvalue weighted by atomic mass is 10.2. The Morgan fingerprint density at radius 2 is 2.06 bits per heavy atom. The van der Waals surface area contributed by atoms with Crippen molar-refractivity contribution in [2.45, 2.75) is 6.92 Å². The number of carbonyl (C=O) groups excluding carboxylic acids is 1. The van der Waals surface area contributed by atoms with Crippen LogP contribution >= 0.6 is 15.9 Å². The number of halogens is 1. The minimum Gasteiger partial charge on any atom is -0.492 e. The molecule has 16 heavy (non-hydrogen) atoms. The van der Waals surface area contributed by atoms with E-state index in [4.69, 9.17) is 9.47 Å². The van der Waals surface area contributed by atoms with E-state index in [2.05, 4.69) is 20.7 Å². The highest BCUT2D eigenvalue weighted by molar-refractivity contribution is 9.10.